The molecule has 1 atom stereocenters. The standard InChI is InChI=1S/C22H24N2O4/c1-27-18-8-9-20(28-2)19(12-18)24-13-16(11-21(24)25)22(26)23-17-7-6-14-4-3-5-15(14)10-17/h6-10,12,16H,3-5,11,13H2,1-2H3,(H,23,26). The minimum absolute atomic E-state index is 0.0966. The lowest BCUT2D eigenvalue weighted by molar-refractivity contribution is -0.122. The lowest BCUT2D eigenvalue weighted by atomic mass is 10.1. The van der Waals surface area contributed by atoms with E-state index in [2.05, 4.69) is 17.4 Å². The molecule has 2 aliphatic rings. The van der Waals surface area contributed by atoms with Gasteiger partial charge in [-0.1, -0.05) is 6.07 Å². The zero-order chi connectivity index (χ0) is 19.7. The molecule has 2 aromatic rings. The SMILES string of the molecule is COc1ccc(OC)c(N2CC(C(=O)Nc3ccc4c(c3)CCC4)CC2=O)c1. The summed E-state index contributed by atoms with van der Waals surface area (Å²) in [6.45, 7) is 0.319. The van der Waals surface area contributed by atoms with Crippen LogP contribution in [0.15, 0.2) is 36.4 Å². The van der Waals surface area contributed by atoms with Gasteiger partial charge in [0.1, 0.15) is 11.5 Å². The van der Waals surface area contributed by atoms with Gasteiger partial charge < -0.3 is 19.7 Å². The Morgan fingerprint density at radius 1 is 1.07 bits per heavy atom. The number of rotatable bonds is 5. The molecule has 1 heterocycles. The van der Waals surface area contributed by atoms with Crippen molar-refractivity contribution in [2.75, 3.05) is 31.0 Å². The summed E-state index contributed by atoms with van der Waals surface area (Å²) in [5.74, 6) is 0.580. The fourth-order valence-corrected chi connectivity index (χ4v) is 4.02. The third kappa shape index (κ3) is 3.42. The summed E-state index contributed by atoms with van der Waals surface area (Å²) in [5.41, 5.74) is 4.10. The number of anilines is 2. The molecular weight excluding hydrogens is 356 g/mol. The first-order valence-electron chi connectivity index (χ1n) is 9.54. The van der Waals surface area contributed by atoms with Crippen molar-refractivity contribution in [3.8, 4) is 11.5 Å². The number of aryl methyl sites for hydroxylation is 2. The Bertz CT molecular complexity index is 925. The molecule has 2 aromatic carbocycles. The maximum absolute atomic E-state index is 12.8. The highest BCUT2D eigenvalue weighted by Gasteiger charge is 2.36. The van der Waals surface area contributed by atoms with Gasteiger partial charge >= 0.3 is 0 Å². The number of carbonyl (C=O) groups excluding carboxylic acids is 2. The average Bonchev–Trinajstić information content (AvgIpc) is 3.33. The molecule has 0 bridgehead atoms. The number of ether oxygens (including phenoxy) is 2. The highest BCUT2D eigenvalue weighted by molar-refractivity contribution is 6.04. The van der Waals surface area contributed by atoms with Crippen LogP contribution in [0, 0.1) is 5.92 Å². The number of benzene rings is 2. The summed E-state index contributed by atoms with van der Waals surface area (Å²) in [6.07, 6.45) is 3.51. The van der Waals surface area contributed by atoms with E-state index < -0.39 is 5.92 Å². The Morgan fingerprint density at radius 2 is 1.89 bits per heavy atom. The highest BCUT2D eigenvalue weighted by Crippen LogP contribution is 2.36. The number of carbonyl (C=O) groups is 2. The van der Waals surface area contributed by atoms with Gasteiger partial charge in [-0.15, -0.1) is 0 Å². The van der Waals surface area contributed by atoms with Crippen molar-refractivity contribution in [1.29, 1.82) is 0 Å². The Labute approximate surface area is 164 Å². The van der Waals surface area contributed by atoms with Crippen LogP contribution >= 0.6 is 0 Å². The molecule has 1 saturated heterocycles. The van der Waals surface area contributed by atoms with E-state index in [4.69, 9.17) is 9.47 Å². The maximum atomic E-state index is 12.8. The summed E-state index contributed by atoms with van der Waals surface area (Å²) in [5, 5.41) is 2.98. The molecule has 28 heavy (non-hydrogen) atoms. The van der Waals surface area contributed by atoms with Crippen LogP contribution in [0.25, 0.3) is 0 Å². The van der Waals surface area contributed by atoms with E-state index in [1.807, 2.05) is 6.07 Å². The third-order valence-corrected chi connectivity index (χ3v) is 5.54. The Hall–Kier alpha value is -3.02. The fraction of sp³-hybridized carbons (Fsp3) is 0.364. The third-order valence-electron chi connectivity index (χ3n) is 5.54. The van der Waals surface area contributed by atoms with Crippen LogP contribution < -0.4 is 19.7 Å². The van der Waals surface area contributed by atoms with Crippen molar-refractivity contribution in [1.82, 2.24) is 0 Å². The molecule has 6 nitrogen and oxygen atoms in total. The number of fused-ring (bicyclic) bond motifs is 1. The van der Waals surface area contributed by atoms with Gasteiger partial charge in [0.2, 0.25) is 11.8 Å². The van der Waals surface area contributed by atoms with E-state index in [-0.39, 0.29) is 18.2 Å². The van der Waals surface area contributed by atoms with Crippen LogP contribution in [0.4, 0.5) is 11.4 Å². The molecule has 0 saturated carbocycles. The molecule has 4 rings (SSSR count). The van der Waals surface area contributed by atoms with Crippen molar-refractivity contribution in [2.45, 2.75) is 25.7 Å². The van der Waals surface area contributed by atoms with Crippen molar-refractivity contribution in [3.05, 3.63) is 47.5 Å². The highest BCUT2D eigenvalue weighted by atomic mass is 16.5. The number of nitrogens with one attached hydrogen (secondary N) is 1. The molecule has 0 spiro atoms. The van der Waals surface area contributed by atoms with Crippen molar-refractivity contribution >= 4 is 23.2 Å². The van der Waals surface area contributed by atoms with E-state index in [1.165, 1.54) is 17.5 Å². The first kappa shape index (κ1) is 18.3. The molecule has 2 amide bonds. The quantitative estimate of drug-likeness (QED) is 0.865. The number of nitrogens with zero attached hydrogens (tertiary/aromatic N) is 1. The van der Waals surface area contributed by atoms with Crippen molar-refractivity contribution in [3.63, 3.8) is 0 Å². The van der Waals surface area contributed by atoms with E-state index in [1.54, 1.807) is 37.3 Å². The van der Waals surface area contributed by atoms with Gasteiger partial charge in [0.15, 0.2) is 0 Å². The zero-order valence-electron chi connectivity index (χ0n) is 16.2. The van der Waals surface area contributed by atoms with Crippen molar-refractivity contribution in [2.24, 2.45) is 5.92 Å². The van der Waals surface area contributed by atoms with Gasteiger partial charge in [-0.3, -0.25) is 9.59 Å². The van der Waals surface area contributed by atoms with Gasteiger partial charge in [0, 0.05) is 24.7 Å². The van der Waals surface area contributed by atoms with Crippen LogP contribution in [0.1, 0.15) is 24.0 Å². The zero-order valence-corrected chi connectivity index (χ0v) is 16.2. The Balaban J connectivity index is 1.49. The molecule has 1 unspecified atom stereocenters. The Morgan fingerprint density at radius 3 is 2.68 bits per heavy atom. The predicted molar refractivity (Wildman–Crippen MR) is 107 cm³/mol. The van der Waals surface area contributed by atoms with Gasteiger partial charge in [-0.05, 0) is 54.7 Å². The first-order chi connectivity index (χ1) is 13.6. The number of amides is 2. The second-order valence-electron chi connectivity index (χ2n) is 7.27. The van der Waals surface area contributed by atoms with Crippen LogP contribution in [0.2, 0.25) is 0 Å². The molecule has 1 N–H and O–H groups in total. The van der Waals surface area contributed by atoms with Gasteiger partial charge in [0.05, 0.1) is 25.8 Å². The molecule has 1 fully saturated rings. The van der Waals surface area contributed by atoms with Crippen LogP contribution in [-0.4, -0.2) is 32.6 Å². The van der Waals surface area contributed by atoms with Crippen LogP contribution in [0.3, 0.4) is 0 Å². The topological polar surface area (TPSA) is 67.9 Å². The largest absolute Gasteiger partial charge is 0.497 e. The second-order valence-corrected chi connectivity index (χ2v) is 7.27. The number of methoxy groups -OCH3 is 2. The second kappa shape index (κ2) is 7.54. The Kier molecular flexibility index (Phi) is 4.94. The number of hydrogen-bond acceptors (Lipinski definition) is 4. The lowest BCUT2D eigenvalue weighted by Gasteiger charge is -2.20. The van der Waals surface area contributed by atoms with Crippen LogP contribution in [0.5, 0.6) is 11.5 Å². The summed E-state index contributed by atoms with van der Waals surface area (Å²) >= 11 is 0. The maximum Gasteiger partial charge on any atom is 0.229 e. The van der Waals surface area contributed by atoms with Crippen LogP contribution in [-0.2, 0) is 22.4 Å². The molecular formula is C22H24N2O4. The van der Waals surface area contributed by atoms with E-state index in [0.717, 1.165) is 18.5 Å². The molecule has 6 heteroatoms. The molecule has 1 aliphatic carbocycles. The first-order valence-corrected chi connectivity index (χ1v) is 9.54. The fourth-order valence-electron chi connectivity index (χ4n) is 4.02. The summed E-state index contributed by atoms with van der Waals surface area (Å²) in [6, 6.07) is 11.4. The summed E-state index contributed by atoms with van der Waals surface area (Å²) in [4.78, 5) is 27.0. The normalized spacial score (nSPS) is 18.1. The smallest absolute Gasteiger partial charge is 0.229 e. The average molecular weight is 380 g/mol. The summed E-state index contributed by atoms with van der Waals surface area (Å²) < 4.78 is 10.7. The van der Waals surface area contributed by atoms with Gasteiger partial charge in [-0.2, -0.15) is 0 Å². The minimum atomic E-state index is -0.406. The predicted octanol–water partition coefficient (Wildman–Crippen LogP) is 3.18. The van der Waals surface area contributed by atoms with Gasteiger partial charge in [0.25, 0.3) is 0 Å². The van der Waals surface area contributed by atoms with Crippen molar-refractivity contribution < 1.29 is 19.1 Å². The molecule has 0 radical (unpaired) electrons. The monoisotopic (exact) mass is 380 g/mol. The number of hydrogen-bond donors (Lipinski definition) is 1. The minimum Gasteiger partial charge on any atom is -0.497 e. The van der Waals surface area contributed by atoms with E-state index in [0.29, 0.717) is 23.7 Å². The molecule has 146 valence electrons. The lowest BCUT2D eigenvalue weighted by Crippen LogP contribution is -2.28. The van der Waals surface area contributed by atoms with E-state index in [9.17, 15) is 9.59 Å². The van der Waals surface area contributed by atoms with Gasteiger partial charge in [-0.25, -0.2) is 0 Å². The van der Waals surface area contributed by atoms with E-state index >= 15 is 0 Å². The summed E-state index contributed by atoms with van der Waals surface area (Å²) in [7, 11) is 3.13. The molecule has 0 aromatic heterocycles. The molecule has 1 aliphatic heterocycles.